The lowest BCUT2D eigenvalue weighted by Crippen LogP contribution is -2.19. The molecule has 0 spiro atoms. The van der Waals surface area contributed by atoms with E-state index in [1.807, 2.05) is 0 Å². The molecule has 22 heavy (non-hydrogen) atoms. The van der Waals surface area contributed by atoms with Gasteiger partial charge in [0.05, 0.1) is 6.61 Å². The molecule has 1 aromatic heterocycles. The number of hydrogen-bond acceptors (Lipinski definition) is 3. The number of hydrogen-bond donors (Lipinski definition) is 1. The van der Waals surface area contributed by atoms with Crippen LogP contribution < -0.4 is 10.5 Å². The van der Waals surface area contributed by atoms with E-state index in [-0.39, 0.29) is 0 Å². The molecule has 0 radical (unpaired) electrons. The van der Waals surface area contributed by atoms with Crippen LogP contribution in [0.25, 0.3) is 10.9 Å². The van der Waals surface area contributed by atoms with Crippen molar-refractivity contribution >= 4 is 10.9 Å². The minimum Gasteiger partial charge on any atom is -0.494 e. The van der Waals surface area contributed by atoms with Gasteiger partial charge in [0, 0.05) is 36.9 Å². The summed E-state index contributed by atoms with van der Waals surface area (Å²) in [5.74, 6) is 1.69. The van der Waals surface area contributed by atoms with E-state index >= 15 is 0 Å². The molecule has 0 bridgehead atoms. The molecular formula is C18H26N2O2. The lowest BCUT2D eigenvalue weighted by Gasteiger charge is -2.22. The number of ether oxygens (including phenoxy) is 2. The highest BCUT2D eigenvalue weighted by atomic mass is 16.5. The van der Waals surface area contributed by atoms with Gasteiger partial charge in [-0.05, 0) is 62.4 Å². The monoisotopic (exact) mass is 302 g/mol. The van der Waals surface area contributed by atoms with Crippen LogP contribution in [0.5, 0.6) is 5.75 Å². The number of benzene rings is 1. The average Bonchev–Trinajstić information content (AvgIpc) is 2.95. The van der Waals surface area contributed by atoms with Gasteiger partial charge in [-0.3, -0.25) is 0 Å². The first-order valence-electron chi connectivity index (χ1n) is 8.36. The van der Waals surface area contributed by atoms with Gasteiger partial charge in [0.1, 0.15) is 5.75 Å². The topological polar surface area (TPSA) is 49.4 Å². The van der Waals surface area contributed by atoms with Crippen molar-refractivity contribution in [1.29, 1.82) is 0 Å². The Bertz CT molecular complexity index is 588. The largest absolute Gasteiger partial charge is 0.494 e. The Balaban J connectivity index is 1.64. The third-order valence-electron chi connectivity index (χ3n) is 4.41. The summed E-state index contributed by atoms with van der Waals surface area (Å²) in [5, 5.41) is 1.25. The molecule has 120 valence electrons. The fourth-order valence-corrected chi connectivity index (χ4v) is 3.07. The Labute approximate surface area is 132 Å². The maximum absolute atomic E-state index is 5.79. The maximum Gasteiger partial charge on any atom is 0.120 e. The van der Waals surface area contributed by atoms with Crippen molar-refractivity contribution in [2.24, 2.45) is 11.7 Å². The molecule has 4 nitrogen and oxygen atoms in total. The smallest absolute Gasteiger partial charge is 0.120 e. The first kappa shape index (κ1) is 15.4. The second-order valence-electron chi connectivity index (χ2n) is 6.09. The molecule has 2 aromatic rings. The van der Waals surface area contributed by atoms with Crippen molar-refractivity contribution < 1.29 is 9.47 Å². The van der Waals surface area contributed by atoms with Crippen LogP contribution in [-0.2, 0) is 11.3 Å². The molecule has 2 heterocycles. The summed E-state index contributed by atoms with van der Waals surface area (Å²) in [7, 11) is 0. The number of nitrogens with zero attached hydrogens (tertiary/aromatic N) is 1. The minimum absolute atomic E-state index is 0.733. The lowest BCUT2D eigenvalue weighted by atomic mass is 10.0. The number of aromatic nitrogens is 1. The second kappa shape index (κ2) is 7.65. The molecule has 0 atom stereocenters. The Morgan fingerprint density at radius 1 is 1.18 bits per heavy atom. The second-order valence-corrected chi connectivity index (χ2v) is 6.09. The Kier molecular flexibility index (Phi) is 5.35. The maximum atomic E-state index is 5.79. The highest BCUT2D eigenvalue weighted by Crippen LogP contribution is 2.25. The number of fused-ring (bicyclic) bond motifs is 1. The van der Waals surface area contributed by atoms with Crippen molar-refractivity contribution in [2.75, 3.05) is 26.4 Å². The quantitative estimate of drug-likeness (QED) is 0.799. The van der Waals surface area contributed by atoms with E-state index in [4.69, 9.17) is 15.2 Å². The van der Waals surface area contributed by atoms with Crippen LogP contribution in [0.15, 0.2) is 30.5 Å². The summed E-state index contributed by atoms with van der Waals surface area (Å²) < 4.78 is 13.6. The van der Waals surface area contributed by atoms with Gasteiger partial charge in [0.15, 0.2) is 0 Å². The van der Waals surface area contributed by atoms with Gasteiger partial charge in [-0.1, -0.05) is 0 Å². The third-order valence-corrected chi connectivity index (χ3v) is 4.41. The van der Waals surface area contributed by atoms with Crippen LogP contribution in [0, 0.1) is 5.92 Å². The fourth-order valence-electron chi connectivity index (χ4n) is 3.07. The van der Waals surface area contributed by atoms with Crippen molar-refractivity contribution in [2.45, 2.75) is 32.2 Å². The highest BCUT2D eigenvalue weighted by molar-refractivity contribution is 5.81. The fraction of sp³-hybridized carbons (Fsp3) is 0.556. The average molecular weight is 302 g/mol. The molecule has 0 saturated carbocycles. The molecule has 1 aliphatic heterocycles. The number of rotatable bonds is 7. The highest BCUT2D eigenvalue weighted by Gasteiger charge is 2.15. The van der Waals surface area contributed by atoms with Gasteiger partial charge in [-0.15, -0.1) is 0 Å². The summed E-state index contributed by atoms with van der Waals surface area (Å²) in [6.45, 7) is 4.38. The van der Waals surface area contributed by atoms with E-state index in [1.54, 1.807) is 0 Å². The third kappa shape index (κ3) is 3.81. The molecular weight excluding hydrogens is 276 g/mol. The molecule has 2 N–H and O–H groups in total. The number of unbranched alkanes of at least 4 members (excludes halogenated alkanes) is 1. The molecule has 1 fully saturated rings. The van der Waals surface area contributed by atoms with Crippen LogP contribution in [0.4, 0.5) is 0 Å². The minimum atomic E-state index is 0.733. The first-order chi connectivity index (χ1) is 10.9. The molecule has 1 aliphatic rings. The standard InChI is InChI=1S/C18H26N2O2/c19-8-1-2-10-22-17-3-4-18-16(13-17)5-9-20(18)14-15-6-11-21-12-7-15/h3-5,9,13,15H,1-2,6-8,10-12,14,19H2. The molecule has 1 saturated heterocycles. The van der Waals surface area contributed by atoms with E-state index < -0.39 is 0 Å². The predicted octanol–water partition coefficient (Wildman–Crippen LogP) is 3.19. The number of nitrogens with two attached hydrogens (primary N) is 1. The molecule has 0 amide bonds. The van der Waals surface area contributed by atoms with Crippen molar-refractivity contribution in [3.05, 3.63) is 30.5 Å². The Hall–Kier alpha value is -1.52. The van der Waals surface area contributed by atoms with Gasteiger partial charge in [0.2, 0.25) is 0 Å². The van der Waals surface area contributed by atoms with Crippen LogP contribution in [-0.4, -0.2) is 30.9 Å². The van der Waals surface area contributed by atoms with Gasteiger partial charge in [-0.25, -0.2) is 0 Å². The summed E-state index contributed by atoms with van der Waals surface area (Å²) in [5.41, 5.74) is 6.79. The van der Waals surface area contributed by atoms with Crippen LogP contribution in [0.1, 0.15) is 25.7 Å². The summed E-state index contributed by atoms with van der Waals surface area (Å²) in [4.78, 5) is 0. The normalized spacial score (nSPS) is 16.2. The van der Waals surface area contributed by atoms with Gasteiger partial charge < -0.3 is 19.8 Å². The lowest BCUT2D eigenvalue weighted by molar-refractivity contribution is 0.0616. The zero-order valence-electron chi connectivity index (χ0n) is 13.2. The van der Waals surface area contributed by atoms with Crippen molar-refractivity contribution in [3.63, 3.8) is 0 Å². The first-order valence-corrected chi connectivity index (χ1v) is 8.36. The van der Waals surface area contributed by atoms with Crippen molar-refractivity contribution in [3.8, 4) is 5.75 Å². The van der Waals surface area contributed by atoms with Crippen LogP contribution >= 0.6 is 0 Å². The molecule has 3 rings (SSSR count). The van der Waals surface area contributed by atoms with Crippen molar-refractivity contribution in [1.82, 2.24) is 4.57 Å². The summed E-state index contributed by atoms with van der Waals surface area (Å²) >= 11 is 0. The van der Waals surface area contributed by atoms with Gasteiger partial charge in [0.25, 0.3) is 0 Å². The molecule has 1 aromatic carbocycles. The van der Waals surface area contributed by atoms with E-state index in [9.17, 15) is 0 Å². The molecule has 0 unspecified atom stereocenters. The van der Waals surface area contributed by atoms with Gasteiger partial charge >= 0.3 is 0 Å². The van der Waals surface area contributed by atoms with Gasteiger partial charge in [-0.2, -0.15) is 0 Å². The summed E-state index contributed by atoms with van der Waals surface area (Å²) in [6.07, 6.45) is 6.56. The van der Waals surface area contributed by atoms with E-state index in [0.29, 0.717) is 0 Å². The van der Waals surface area contributed by atoms with Crippen LogP contribution in [0.3, 0.4) is 0 Å². The van der Waals surface area contributed by atoms with E-state index in [2.05, 4.69) is 35.0 Å². The van der Waals surface area contributed by atoms with Crippen LogP contribution in [0.2, 0.25) is 0 Å². The Morgan fingerprint density at radius 3 is 2.86 bits per heavy atom. The predicted molar refractivity (Wildman–Crippen MR) is 89.3 cm³/mol. The van der Waals surface area contributed by atoms with E-state index in [1.165, 1.54) is 23.7 Å². The SMILES string of the molecule is NCCCCOc1ccc2c(ccn2CC2CCOCC2)c1. The zero-order chi connectivity index (χ0) is 15.2. The molecule has 0 aliphatic carbocycles. The molecule has 4 heteroatoms. The van der Waals surface area contributed by atoms with E-state index in [0.717, 1.165) is 57.4 Å². The zero-order valence-corrected chi connectivity index (χ0v) is 13.2. The summed E-state index contributed by atoms with van der Waals surface area (Å²) in [6, 6.07) is 8.57. The Morgan fingerprint density at radius 2 is 2.05 bits per heavy atom.